The monoisotopic (exact) mass is 248 g/mol. The van der Waals surface area contributed by atoms with Crippen LogP contribution in [0.3, 0.4) is 0 Å². The molecule has 0 aliphatic rings. The molecule has 0 bridgehead atoms. The van der Waals surface area contributed by atoms with Crippen LogP contribution in [0.5, 0.6) is 11.8 Å². The Morgan fingerprint density at radius 3 is 2.67 bits per heavy atom. The number of hydrogen-bond donors (Lipinski definition) is 2. The molecule has 2 rings (SSSR count). The Balaban J connectivity index is 2.28. The summed E-state index contributed by atoms with van der Waals surface area (Å²) in [6.45, 7) is 0. The van der Waals surface area contributed by atoms with Gasteiger partial charge in [-0.05, 0) is 12.1 Å². The first-order valence-corrected chi connectivity index (χ1v) is 4.83. The highest BCUT2D eigenvalue weighted by atomic mass is 16.6. The molecule has 7 nitrogen and oxygen atoms in total. The Morgan fingerprint density at radius 2 is 2.06 bits per heavy atom. The van der Waals surface area contributed by atoms with Gasteiger partial charge in [0, 0.05) is 0 Å². The molecule has 0 saturated carbocycles. The molecule has 0 fully saturated rings. The number of oxazole rings is 1. The Labute approximate surface area is 101 Å². The van der Waals surface area contributed by atoms with Crippen LogP contribution in [-0.4, -0.2) is 22.0 Å². The van der Waals surface area contributed by atoms with Gasteiger partial charge < -0.3 is 20.0 Å². The van der Waals surface area contributed by atoms with Gasteiger partial charge in [0.15, 0.2) is 5.69 Å². The molecule has 1 heterocycles. The molecule has 0 unspecified atom stereocenters. The molecule has 2 aromatic rings. The van der Waals surface area contributed by atoms with E-state index in [4.69, 9.17) is 20.0 Å². The van der Waals surface area contributed by atoms with Gasteiger partial charge in [0.05, 0.1) is 5.56 Å². The predicted octanol–water partition coefficient (Wildman–Crippen LogP) is 1.26. The molecular weight excluding hydrogens is 240 g/mol. The molecule has 1 aromatic carbocycles. The summed E-state index contributed by atoms with van der Waals surface area (Å²) in [5.74, 6) is -1.77. The number of carbonyl (C=O) groups excluding carboxylic acids is 1. The molecule has 0 spiro atoms. The summed E-state index contributed by atoms with van der Waals surface area (Å²) in [6, 6.07) is 6.21. The van der Waals surface area contributed by atoms with Gasteiger partial charge in [-0.15, -0.1) is 0 Å². The topological polar surface area (TPSA) is 116 Å². The zero-order valence-corrected chi connectivity index (χ0v) is 8.99. The maximum atomic E-state index is 11.1. The van der Waals surface area contributed by atoms with E-state index in [1.54, 1.807) is 12.1 Å². The first-order valence-electron chi connectivity index (χ1n) is 4.83. The molecule has 18 heavy (non-hydrogen) atoms. The number of aromatic nitrogens is 1. The van der Waals surface area contributed by atoms with E-state index in [0.29, 0.717) is 0 Å². The third kappa shape index (κ3) is 2.29. The van der Waals surface area contributed by atoms with E-state index in [1.165, 1.54) is 12.1 Å². The van der Waals surface area contributed by atoms with Crippen molar-refractivity contribution in [2.24, 2.45) is 5.73 Å². The molecule has 0 atom stereocenters. The number of ether oxygens (including phenoxy) is 1. The number of nitrogens with two attached hydrogens (primary N) is 1. The standard InChI is InChI=1S/C11H8N2O5/c12-9(14)6-3-1-2-4-8(6)18-11-13-7(5-17-11)10(15)16/h1-5H,(H2,12,14)(H,15,16). The number of primary amides is 1. The van der Waals surface area contributed by atoms with Gasteiger partial charge in [-0.3, -0.25) is 4.79 Å². The highest BCUT2D eigenvalue weighted by Crippen LogP contribution is 2.24. The van der Waals surface area contributed by atoms with Crippen LogP contribution in [0, 0.1) is 0 Å². The second kappa shape index (κ2) is 4.58. The lowest BCUT2D eigenvalue weighted by molar-refractivity contribution is 0.0690. The molecule has 1 amide bonds. The number of carboxylic acid groups (broad SMARTS) is 1. The number of aromatic carboxylic acids is 1. The molecule has 0 aliphatic heterocycles. The zero-order valence-electron chi connectivity index (χ0n) is 8.99. The van der Waals surface area contributed by atoms with E-state index in [-0.39, 0.29) is 23.1 Å². The normalized spacial score (nSPS) is 10.0. The van der Waals surface area contributed by atoms with Crippen LogP contribution >= 0.6 is 0 Å². The Kier molecular flexibility index (Phi) is 2.96. The van der Waals surface area contributed by atoms with Crippen LogP contribution in [0.1, 0.15) is 20.8 Å². The van der Waals surface area contributed by atoms with Crippen LogP contribution in [0.4, 0.5) is 0 Å². The van der Waals surface area contributed by atoms with E-state index in [1.807, 2.05) is 0 Å². The second-order valence-corrected chi connectivity index (χ2v) is 3.27. The molecule has 3 N–H and O–H groups in total. The number of amides is 1. The fraction of sp³-hybridized carbons (Fsp3) is 0. The molecule has 92 valence electrons. The fourth-order valence-electron chi connectivity index (χ4n) is 1.26. The highest BCUT2D eigenvalue weighted by Gasteiger charge is 2.15. The van der Waals surface area contributed by atoms with Crippen molar-refractivity contribution in [3.8, 4) is 11.8 Å². The summed E-state index contributed by atoms with van der Waals surface area (Å²) in [4.78, 5) is 25.3. The lowest BCUT2D eigenvalue weighted by Crippen LogP contribution is -2.12. The van der Waals surface area contributed by atoms with Crippen molar-refractivity contribution in [2.45, 2.75) is 0 Å². The van der Waals surface area contributed by atoms with Crippen molar-refractivity contribution in [3.63, 3.8) is 0 Å². The smallest absolute Gasteiger partial charge is 0.399 e. The number of carboxylic acids is 1. The van der Waals surface area contributed by atoms with Gasteiger partial charge in [0.25, 0.3) is 5.91 Å². The van der Waals surface area contributed by atoms with E-state index in [9.17, 15) is 9.59 Å². The first-order chi connectivity index (χ1) is 8.58. The van der Waals surface area contributed by atoms with Gasteiger partial charge >= 0.3 is 12.0 Å². The average Bonchev–Trinajstić information content (AvgIpc) is 2.78. The van der Waals surface area contributed by atoms with Crippen molar-refractivity contribution in [1.82, 2.24) is 4.98 Å². The molecular formula is C11H8N2O5. The molecule has 0 saturated heterocycles. The molecule has 0 aliphatic carbocycles. The summed E-state index contributed by atoms with van der Waals surface area (Å²) < 4.78 is 9.96. The Hall–Kier alpha value is -2.83. The largest absolute Gasteiger partial charge is 0.476 e. The van der Waals surface area contributed by atoms with E-state index >= 15 is 0 Å². The number of rotatable bonds is 4. The Morgan fingerprint density at radius 1 is 1.33 bits per heavy atom. The maximum Gasteiger partial charge on any atom is 0.399 e. The summed E-state index contributed by atoms with van der Waals surface area (Å²) in [5.41, 5.74) is 5.01. The van der Waals surface area contributed by atoms with Gasteiger partial charge in [-0.25, -0.2) is 4.79 Å². The van der Waals surface area contributed by atoms with Crippen LogP contribution in [0.15, 0.2) is 34.9 Å². The summed E-state index contributed by atoms with van der Waals surface area (Å²) in [7, 11) is 0. The lowest BCUT2D eigenvalue weighted by Gasteiger charge is -2.04. The minimum atomic E-state index is -1.24. The Bertz CT molecular complexity index is 605. The zero-order chi connectivity index (χ0) is 13.1. The average molecular weight is 248 g/mol. The molecule has 7 heteroatoms. The third-order valence-electron chi connectivity index (χ3n) is 2.05. The number of carbonyl (C=O) groups is 2. The van der Waals surface area contributed by atoms with E-state index < -0.39 is 11.9 Å². The number of benzene rings is 1. The summed E-state index contributed by atoms with van der Waals surface area (Å²) >= 11 is 0. The van der Waals surface area contributed by atoms with Crippen molar-refractivity contribution in [2.75, 3.05) is 0 Å². The van der Waals surface area contributed by atoms with Crippen LogP contribution in [0.2, 0.25) is 0 Å². The first kappa shape index (κ1) is 11.6. The lowest BCUT2D eigenvalue weighted by atomic mass is 10.2. The SMILES string of the molecule is NC(=O)c1ccccc1Oc1nc(C(=O)O)co1. The summed E-state index contributed by atoms with van der Waals surface area (Å²) in [6.07, 6.45) is 0.658. The van der Waals surface area contributed by atoms with E-state index in [0.717, 1.165) is 6.26 Å². The molecule has 1 aromatic heterocycles. The van der Waals surface area contributed by atoms with Gasteiger partial charge in [-0.1, -0.05) is 12.1 Å². The van der Waals surface area contributed by atoms with Gasteiger partial charge in [-0.2, -0.15) is 4.98 Å². The number of hydrogen-bond acceptors (Lipinski definition) is 5. The minimum Gasteiger partial charge on any atom is -0.476 e. The fourth-order valence-corrected chi connectivity index (χ4v) is 1.26. The van der Waals surface area contributed by atoms with Crippen molar-refractivity contribution in [3.05, 3.63) is 41.8 Å². The van der Waals surface area contributed by atoms with Crippen molar-refractivity contribution < 1.29 is 23.8 Å². The highest BCUT2D eigenvalue weighted by molar-refractivity contribution is 5.95. The molecule has 0 radical (unpaired) electrons. The maximum absolute atomic E-state index is 11.1. The van der Waals surface area contributed by atoms with Crippen LogP contribution in [-0.2, 0) is 0 Å². The van der Waals surface area contributed by atoms with Gasteiger partial charge in [0.2, 0.25) is 0 Å². The number of nitrogens with zero attached hydrogens (tertiary/aromatic N) is 1. The van der Waals surface area contributed by atoms with Gasteiger partial charge in [0.1, 0.15) is 12.0 Å². The van der Waals surface area contributed by atoms with E-state index in [2.05, 4.69) is 4.98 Å². The van der Waals surface area contributed by atoms with Crippen molar-refractivity contribution in [1.29, 1.82) is 0 Å². The number of para-hydroxylation sites is 1. The van der Waals surface area contributed by atoms with Crippen LogP contribution < -0.4 is 10.5 Å². The van der Waals surface area contributed by atoms with Crippen LogP contribution in [0.25, 0.3) is 0 Å². The predicted molar refractivity (Wildman–Crippen MR) is 58.5 cm³/mol. The quantitative estimate of drug-likeness (QED) is 0.841. The summed E-state index contributed by atoms with van der Waals surface area (Å²) in [5, 5.41) is 8.65. The second-order valence-electron chi connectivity index (χ2n) is 3.27. The van der Waals surface area contributed by atoms with Crippen molar-refractivity contribution >= 4 is 11.9 Å². The third-order valence-corrected chi connectivity index (χ3v) is 2.05. The minimum absolute atomic E-state index is 0.142.